The van der Waals surface area contributed by atoms with Crippen molar-refractivity contribution in [2.45, 2.75) is 24.3 Å². The third-order valence-corrected chi connectivity index (χ3v) is 5.48. The van der Waals surface area contributed by atoms with Crippen LogP contribution in [0, 0.1) is 5.92 Å². The second-order valence-electron chi connectivity index (χ2n) is 6.19. The number of aromatic nitrogens is 2. The quantitative estimate of drug-likeness (QED) is 0.846. The average Bonchev–Trinajstić information content (AvgIpc) is 3.09. The van der Waals surface area contributed by atoms with Gasteiger partial charge in [0, 0.05) is 13.1 Å². The number of H-pyrrole nitrogens is 1. The Bertz CT molecular complexity index is 666. The maximum Gasteiger partial charge on any atom is 0.236 e. The molecule has 3 rings (SSSR count). The fourth-order valence-corrected chi connectivity index (χ4v) is 3.73. The summed E-state index contributed by atoms with van der Waals surface area (Å²) in [5.74, 6) is 0.409. The van der Waals surface area contributed by atoms with Crippen molar-refractivity contribution in [2.24, 2.45) is 5.92 Å². The van der Waals surface area contributed by atoms with Crippen LogP contribution in [0.15, 0.2) is 41.7 Å². The molecule has 1 aromatic carbocycles. The molecular formula is C18H23N3O2S. The highest BCUT2D eigenvalue weighted by molar-refractivity contribution is 8.00. The van der Waals surface area contributed by atoms with Gasteiger partial charge in [-0.25, -0.2) is 4.98 Å². The van der Waals surface area contributed by atoms with E-state index in [2.05, 4.69) is 23.8 Å². The van der Waals surface area contributed by atoms with Crippen molar-refractivity contribution < 1.29 is 9.53 Å². The number of nitrogens with one attached hydrogen (secondary N) is 1. The van der Waals surface area contributed by atoms with Crippen LogP contribution in [0.4, 0.5) is 0 Å². The van der Waals surface area contributed by atoms with Gasteiger partial charge in [-0.15, -0.1) is 0 Å². The third kappa shape index (κ3) is 3.99. The molecule has 5 nitrogen and oxygen atoms in total. The lowest BCUT2D eigenvalue weighted by molar-refractivity contribution is -0.135. The van der Waals surface area contributed by atoms with E-state index >= 15 is 0 Å². The molecule has 2 heterocycles. The number of benzene rings is 1. The Hall–Kier alpha value is -1.79. The minimum absolute atomic E-state index is 0.141. The summed E-state index contributed by atoms with van der Waals surface area (Å²) in [5, 5.41) is 0.645. The monoisotopic (exact) mass is 345 g/mol. The molecule has 128 valence electrons. The van der Waals surface area contributed by atoms with Gasteiger partial charge in [-0.1, -0.05) is 55.9 Å². The second kappa shape index (κ2) is 7.85. The zero-order chi connectivity index (χ0) is 16.9. The molecule has 1 atom stereocenters. The van der Waals surface area contributed by atoms with E-state index in [4.69, 9.17) is 4.74 Å². The maximum absolute atomic E-state index is 12.8. The van der Waals surface area contributed by atoms with E-state index in [0.29, 0.717) is 26.3 Å². The van der Waals surface area contributed by atoms with Gasteiger partial charge in [0.1, 0.15) is 0 Å². The largest absolute Gasteiger partial charge is 0.378 e. The van der Waals surface area contributed by atoms with Gasteiger partial charge >= 0.3 is 0 Å². The Morgan fingerprint density at radius 1 is 1.25 bits per heavy atom. The number of ether oxygens (including phenoxy) is 1. The molecule has 0 radical (unpaired) electrons. The van der Waals surface area contributed by atoms with Gasteiger partial charge in [-0.05, 0) is 11.5 Å². The molecular weight excluding hydrogens is 322 g/mol. The predicted molar refractivity (Wildman–Crippen MR) is 95.9 cm³/mol. The molecule has 1 saturated heterocycles. The standard InChI is InChI=1S/C18H23N3O2S/c1-13(2)16(17(22)21-8-10-23-11-9-21)24-18-19-12-15(20-18)14-6-4-3-5-7-14/h3-7,12-13,16H,8-11H2,1-2H3,(H,19,20). The van der Waals surface area contributed by atoms with E-state index in [1.165, 1.54) is 11.8 Å². The SMILES string of the molecule is CC(C)C(Sc1ncc(-c2ccccc2)[nH]1)C(=O)N1CCOCC1. The van der Waals surface area contributed by atoms with Gasteiger partial charge in [0.25, 0.3) is 0 Å². The number of imidazole rings is 1. The molecule has 0 bridgehead atoms. The number of aromatic amines is 1. The molecule has 0 saturated carbocycles. The van der Waals surface area contributed by atoms with E-state index in [9.17, 15) is 4.79 Å². The summed E-state index contributed by atoms with van der Waals surface area (Å²) in [5.41, 5.74) is 2.07. The topological polar surface area (TPSA) is 58.2 Å². The Balaban J connectivity index is 1.72. The van der Waals surface area contributed by atoms with Gasteiger partial charge < -0.3 is 14.6 Å². The molecule has 1 amide bonds. The van der Waals surface area contributed by atoms with Gasteiger partial charge in [0.15, 0.2) is 5.16 Å². The lowest BCUT2D eigenvalue weighted by Gasteiger charge is -2.31. The zero-order valence-electron chi connectivity index (χ0n) is 14.1. The Kier molecular flexibility index (Phi) is 5.58. The fraction of sp³-hybridized carbons (Fsp3) is 0.444. The van der Waals surface area contributed by atoms with Crippen molar-refractivity contribution in [3.63, 3.8) is 0 Å². The lowest BCUT2D eigenvalue weighted by atomic mass is 10.1. The van der Waals surface area contributed by atoms with E-state index in [-0.39, 0.29) is 17.1 Å². The molecule has 6 heteroatoms. The number of nitrogens with zero attached hydrogens (tertiary/aromatic N) is 2. The van der Waals surface area contributed by atoms with Gasteiger partial charge in [-0.3, -0.25) is 4.79 Å². The molecule has 1 unspecified atom stereocenters. The van der Waals surface area contributed by atoms with Crippen LogP contribution >= 0.6 is 11.8 Å². The van der Waals surface area contributed by atoms with Gasteiger partial charge in [0.05, 0.1) is 30.4 Å². The summed E-state index contributed by atoms with van der Waals surface area (Å²) in [6.07, 6.45) is 1.83. The molecule has 0 spiro atoms. The Morgan fingerprint density at radius 2 is 1.96 bits per heavy atom. The summed E-state index contributed by atoms with van der Waals surface area (Å²) in [6, 6.07) is 10.1. The lowest BCUT2D eigenvalue weighted by Crippen LogP contribution is -2.46. The van der Waals surface area contributed by atoms with Crippen LogP contribution in [0.2, 0.25) is 0 Å². The predicted octanol–water partition coefficient (Wildman–Crippen LogP) is 3.05. The van der Waals surface area contributed by atoms with Crippen molar-refractivity contribution in [1.82, 2.24) is 14.9 Å². The van der Waals surface area contributed by atoms with Crippen molar-refractivity contribution in [3.05, 3.63) is 36.5 Å². The van der Waals surface area contributed by atoms with E-state index in [1.54, 1.807) is 0 Å². The Morgan fingerprint density at radius 3 is 2.62 bits per heavy atom. The molecule has 1 aliphatic rings. The second-order valence-corrected chi connectivity index (χ2v) is 7.32. The number of rotatable bonds is 5. The summed E-state index contributed by atoms with van der Waals surface area (Å²) >= 11 is 1.52. The maximum atomic E-state index is 12.8. The first-order chi connectivity index (χ1) is 11.6. The van der Waals surface area contributed by atoms with Gasteiger partial charge in [0.2, 0.25) is 5.91 Å². The molecule has 24 heavy (non-hydrogen) atoms. The first kappa shape index (κ1) is 17.0. The number of morpholine rings is 1. The van der Waals surface area contributed by atoms with Crippen molar-refractivity contribution in [1.29, 1.82) is 0 Å². The van der Waals surface area contributed by atoms with Crippen LogP contribution in [0.3, 0.4) is 0 Å². The average molecular weight is 345 g/mol. The van der Waals surface area contributed by atoms with Crippen LogP contribution in [0.25, 0.3) is 11.3 Å². The fourth-order valence-electron chi connectivity index (χ4n) is 2.68. The minimum atomic E-state index is -0.141. The Labute approximate surface area is 146 Å². The van der Waals surface area contributed by atoms with Crippen LogP contribution < -0.4 is 0 Å². The van der Waals surface area contributed by atoms with E-state index in [1.807, 2.05) is 41.4 Å². The number of amides is 1. The van der Waals surface area contributed by atoms with Crippen molar-refractivity contribution in [2.75, 3.05) is 26.3 Å². The normalized spacial score (nSPS) is 16.4. The molecule has 1 aromatic heterocycles. The number of carbonyl (C=O) groups excluding carboxylic acids is 1. The molecule has 1 fully saturated rings. The van der Waals surface area contributed by atoms with E-state index in [0.717, 1.165) is 16.4 Å². The molecule has 1 N–H and O–H groups in total. The highest BCUT2D eigenvalue weighted by Crippen LogP contribution is 2.29. The summed E-state index contributed by atoms with van der Waals surface area (Å²) in [4.78, 5) is 22.5. The summed E-state index contributed by atoms with van der Waals surface area (Å²) in [7, 11) is 0. The third-order valence-electron chi connectivity index (χ3n) is 4.05. The zero-order valence-corrected chi connectivity index (χ0v) is 14.9. The molecule has 2 aromatic rings. The van der Waals surface area contributed by atoms with Crippen LogP contribution in [-0.2, 0) is 9.53 Å². The highest BCUT2D eigenvalue weighted by Gasteiger charge is 2.30. The number of hydrogen-bond donors (Lipinski definition) is 1. The number of hydrogen-bond acceptors (Lipinski definition) is 4. The summed E-state index contributed by atoms with van der Waals surface area (Å²) < 4.78 is 5.34. The van der Waals surface area contributed by atoms with E-state index < -0.39 is 0 Å². The minimum Gasteiger partial charge on any atom is -0.378 e. The summed E-state index contributed by atoms with van der Waals surface area (Å²) in [6.45, 7) is 6.76. The molecule has 0 aliphatic carbocycles. The van der Waals surface area contributed by atoms with Gasteiger partial charge in [-0.2, -0.15) is 0 Å². The first-order valence-corrected chi connectivity index (χ1v) is 9.16. The number of thioether (sulfide) groups is 1. The van der Waals surface area contributed by atoms with Crippen molar-refractivity contribution >= 4 is 17.7 Å². The van der Waals surface area contributed by atoms with Crippen LogP contribution in [-0.4, -0.2) is 52.3 Å². The van der Waals surface area contributed by atoms with Crippen LogP contribution in [0.1, 0.15) is 13.8 Å². The number of carbonyl (C=O) groups is 1. The van der Waals surface area contributed by atoms with Crippen LogP contribution in [0.5, 0.6) is 0 Å². The smallest absolute Gasteiger partial charge is 0.236 e. The van der Waals surface area contributed by atoms with Crippen molar-refractivity contribution in [3.8, 4) is 11.3 Å². The molecule has 1 aliphatic heterocycles. The highest BCUT2D eigenvalue weighted by atomic mass is 32.2. The first-order valence-electron chi connectivity index (χ1n) is 8.29.